The molecule has 1 aromatic heterocycles. The van der Waals surface area contributed by atoms with Crippen LogP contribution in [0.4, 0.5) is 15.2 Å². The van der Waals surface area contributed by atoms with Crippen molar-refractivity contribution >= 4 is 45.7 Å². The molecule has 0 saturated carbocycles. The van der Waals surface area contributed by atoms with Crippen molar-refractivity contribution in [1.82, 2.24) is 10.2 Å². The van der Waals surface area contributed by atoms with E-state index in [1.807, 2.05) is 6.92 Å². The SMILES string of the molecule is CCOc1ccccc1C(=O)Nc1nnc(SCC(=O)Nc2ccccc2F)s1. The lowest BCUT2D eigenvalue weighted by Gasteiger charge is -2.08. The maximum atomic E-state index is 13.6. The zero-order valence-corrected chi connectivity index (χ0v) is 17.0. The Bertz CT molecular complexity index is 1010. The summed E-state index contributed by atoms with van der Waals surface area (Å²) in [5.41, 5.74) is 0.513. The minimum Gasteiger partial charge on any atom is -0.493 e. The van der Waals surface area contributed by atoms with Crippen LogP contribution in [0.15, 0.2) is 52.9 Å². The van der Waals surface area contributed by atoms with Crippen molar-refractivity contribution < 1.29 is 18.7 Å². The van der Waals surface area contributed by atoms with Crippen LogP contribution in [-0.4, -0.2) is 34.4 Å². The van der Waals surface area contributed by atoms with Gasteiger partial charge in [0.05, 0.1) is 23.6 Å². The van der Waals surface area contributed by atoms with Gasteiger partial charge in [0, 0.05) is 0 Å². The molecule has 2 amide bonds. The van der Waals surface area contributed by atoms with Crippen LogP contribution in [-0.2, 0) is 4.79 Å². The van der Waals surface area contributed by atoms with E-state index >= 15 is 0 Å². The Hall–Kier alpha value is -2.98. The molecule has 7 nitrogen and oxygen atoms in total. The number of carbonyl (C=O) groups is 2. The molecule has 0 bridgehead atoms. The number of nitrogens with zero attached hydrogens (tertiary/aromatic N) is 2. The number of anilines is 2. The molecular formula is C19H17FN4O3S2. The van der Waals surface area contributed by atoms with Gasteiger partial charge in [-0.15, -0.1) is 10.2 Å². The Kier molecular flexibility index (Phi) is 7.14. The Morgan fingerprint density at radius 2 is 1.86 bits per heavy atom. The summed E-state index contributed by atoms with van der Waals surface area (Å²) in [7, 11) is 0. The first-order valence-corrected chi connectivity index (χ1v) is 10.4. The molecule has 10 heteroatoms. The van der Waals surface area contributed by atoms with Gasteiger partial charge in [0.15, 0.2) is 4.34 Å². The quantitative estimate of drug-likeness (QED) is 0.412. The number of aromatic nitrogens is 2. The molecule has 3 rings (SSSR count). The maximum Gasteiger partial charge on any atom is 0.261 e. The highest BCUT2D eigenvalue weighted by molar-refractivity contribution is 8.01. The van der Waals surface area contributed by atoms with E-state index in [2.05, 4.69) is 20.8 Å². The topological polar surface area (TPSA) is 93.2 Å². The Morgan fingerprint density at radius 1 is 1.10 bits per heavy atom. The molecule has 0 aliphatic rings. The molecule has 0 aliphatic carbocycles. The summed E-state index contributed by atoms with van der Waals surface area (Å²) in [5.74, 6) is -0.717. The lowest BCUT2D eigenvalue weighted by atomic mass is 10.2. The summed E-state index contributed by atoms with van der Waals surface area (Å²) in [6.45, 7) is 2.28. The third-order valence-electron chi connectivity index (χ3n) is 3.53. The number of amides is 2. The number of halogens is 1. The lowest BCUT2D eigenvalue weighted by Crippen LogP contribution is -2.14. The molecule has 2 N–H and O–H groups in total. The van der Waals surface area contributed by atoms with Crippen molar-refractivity contribution in [2.75, 3.05) is 23.0 Å². The second-order valence-corrected chi connectivity index (χ2v) is 7.77. The highest BCUT2D eigenvalue weighted by atomic mass is 32.2. The molecule has 2 aromatic carbocycles. The van der Waals surface area contributed by atoms with Crippen LogP contribution in [0.3, 0.4) is 0 Å². The van der Waals surface area contributed by atoms with Crippen LogP contribution < -0.4 is 15.4 Å². The average molecular weight is 433 g/mol. The number of para-hydroxylation sites is 2. The number of thioether (sulfide) groups is 1. The van der Waals surface area contributed by atoms with Gasteiger partial charge in [-0.1, -0.05) is 47.4 Å². The molecular weight excluding hydrogens is 415 g/mol. The minimum absolute atomic E-state index is 0.0318. The number of benzene rings is 2. The normalized spacial score (nSPS) is 10.4. The highest BCUT2D eigenvalue weighted by Crippen LogP contribution is 2.27. The van der Waals surface area contributed by atoms with Gasteiger partial charge in [-0.3, -0.25) is 14.9 Å². The van der Waals surface area contributed by atoms with E-state index in [4.69, 9.17) is 4.74 Å². The summed E-state index contributed by atoms with van der Waals surface area (Å²) >= 11 is 2.28. The van der Waals surface area contributed by atoms with Gasteiger partial charge < -0.3 is 10.1 Å². The number of ether oxygens (including phenoxy) is 1. The Balaban J connectivity index is 1.55. The number of carbonyl (C=O) groups excluding carboxylic acids is 2. The molecule has 0 saturated heterocycles. The number of hydrogen-bond donors (Lipinski definition) is 2. The summed E-state index contributed by atoms with van der Waals surface area (Å²) in [6, 6.07) is 12.8. The molecule has 0 spiro atoms. The molecule has 150 valence electrons. The van der Waals surface area contributed by atoms with Gasteiger partial charge in [-0.05, 0) is 31.2 Å². The molecule has 29 heavy (non-hydrogen) atoms. The first-order chi connectivity index (χ1) is 14.1. The Morgan fingerprint density at radius 3 is 2.66 bits per heavy atom. The fourth-order valence-corrected chi connectivity index (χ4v) is 3.84. The van der Waals surface area contributed by atoms with Crippen molar-refractivity contribution in [3.63, 3.8) is 0 Å². The van der Waals surface area contributed by atoms with Crippen LogP contribution in [0.25, 0.3) is 0 Å². The largest absolute Gasteiger partial charge is 0.493 e. The number of nitrogens with one attached hydrogen (secondary N) is 2. The van der Waals surface area contributed by atoms with Crippen LogP contribution in [0.2, 0.25) is 0 Å². The summed E-state index contributed by atoms with van der Waals surface area (Å²) < 4.78 is 19.5. The first-order valence-electron chi connectivity index (χ1n) is 8.60. The van der Waals surface area contributed by atoms with Gasteiger partial charge >= 0.3 is 0 Å². The minimum atomic E-state index is -0.501. The summed E-state index contributed by atoms with van der Waals surface area (Å²) in [6.07, 6.45) is 0. The third-order valence-corrected chi connectivity index (χ3v) is 5.51. The zero-order chi connectivity index (χ0) is 20.6. The molecule has 0 radical (unpaired) electrons. The van der Waals surface area contributed by atoms with E-state index in [-0.39, 0.29) is 23.3 Å². The Labute approximate surface area is 174 Å². The second-order valence-electron chi connectivity index (χ2n) is 5.57. The predicted molar refractivity (Wildman–Crippen MR) is 111 cm³/mol. The van der Waals surface area contributed by atoms with E-state index in [0.717, 1.165) is 23.1 Å². The van der Waals surface area contributed by atoms with Gasteiger partial charge in [-0.25, -0.2) is 4.39 Å². The highest BCUT2D eigenvalue weighted by Gasteiger charge is 2.15. The van der Waals surface area contributed by atoms with Gasteiger partial charge in [0.1, 0.15) is 11.6 Å². The van der Waals surface area contributed by atoms with Crippen LogP contribution >= 0.6 is 23.1 Å². The average Bonchev–Trinajstić information content (AvgIpc) is 3.16. The van der Waals surface area contributed by atoms with E-state index < -0.39 is 5.82 Å². The maximum absolute atomic E-state index is 13.6. The molecule has 3 aromatic rings. The van der Waals surface area contributed by atoms with Crippen LogP contribution in [0.5, 0.6) is 5.75 Å². The first kappa shape index (κ1) is 20.7. The number of rotatable bonds is 8. The fourth-order valence-electron chi connectivity index (χ4n) is 2.29. The van der Waals surface area contributed by atoms with Crippen molar-refractivity contribution in [3.05, 3.63) is 59.9 Å². The van der Waals surface area contributed by atoms with Gasteiger partial charge in [0.25, 0.3) is 5.91 Å². The van der Waals surface area contributed by atoms with Gasteiger partial charge in [0.2, 0.25) is 11.0 Å². The van der Waals surface area contributed by atoms with E-state index in [1.54, 1.807) is 36.4 Å². The smallest absolute Gasteiger partial charge is 0.261 e. The van der Waals surface area contributed by atoms with Crippen LogP contribution in [0, 0.1) is 5.82 Å². The predicted octanol–water partition coefficient (Wildman–Crippen LogP) is 4.06. The monoisotopic (exact) mass is 432 g/mol. The van der Waals surface area contributed by atoms with Crippen LogP contribution in [0.1, 0.15) is 17.3 Å². The van der Waals surface area contributed by atoms with Crippen molar-refractivity contribution in [2.45, 2.75) is 11.3 Å². The molecule has 0 atom stereocenters. The van der Waals surface area contributed by atoms with Crippen molar-refractivity contribution in [3.8, 4) is 5.75 Å². The zero-order valence-electron chi connectivity index (χ0n) is 15.3. The van der Waals surface area contributed by atoms with Gasteiger partial charge in [-0.2, -0.15) is 0 Å². The van der Waals surface area contributed by atoms with E-state index in [1.165, 1.54) is 12.1 Å². The van der Waals surface area contributed by atoms with Crippen molar-refractivity contribution in [1.29, 1.82) is 0 Å². The summed E-state index contributed by atoms with van der Waals surface area (Å²) in [4.78, 5) is 24.4. The molecule has 1 heterocycles. The third kappa shape index (κ3) is 5.75. The standard InChI is InChI=1S/C19H17FN4O3S2/c1-2-27-15-10-6-3-7-12(15)17(26)22-18-23-24-19(29-18)28-11-16(25)21-14-9-5-4-8-13(14)20/h3-10H,2,11H2,1H3,(H,21,25)(H,22,23,26). The number of hydrogen-bond acceptors (Lipinski definition) is 7. The summed E-state index contributed by atoms with van der Waals surface area (Å²) in [5, 5.41) is 13.3. The molecule has 0 fully saturated rings. The van der Waals surface area contributed by atoms with E-state index in [9.17, 15) is 14.0 Å². The van der Waals surface area contributed by atoms with E-state index in [0.29, 0.717) is 27.4 Å². The molecule has 0 unspecified atom stereocenters. The second kappa shape index (κ2) is 9.99. The molecule has 0 aliphatic heterocycles. The fraction of sp³-hybridized carbons (Fsp3) is 0.158. The van der Waals surface area contributed by atoms with Crippen molar-refractivity contribution in [2.24, 2.45) is 0 Å². The lowest BCUT2D eigenvalue weighted by molar-refractivity contribution is -0.113.